The van der Waals surface area contributed by atoms with Gasteiger partial charge in [0, 0.05) is 42.5 Å². The first-order chi connectivity index (χ1) is 14.5. The summed E-state index contributed by atoms with van der Waals surface area (Å²) >= 11 is 0. The number of nitrogens with one attached hydrogen (secondary N) is 2. The molecule has 7 nitrogen and oxygen atoms in total. The highest BCUT2D eigenvalue weighted by molar-refractivity contribution is 5.88. The molecule has 0 saturated heterocycles. The van der Waals surface area contributed by atoms with Gasteiger partial charge in [-0.3, -0.25) is 9.78 Å². The van der Waals surface area contributed by atoms with E-state index in [0.717, 1.165) is 29.1 Å². The Labute approximate surface area is 173 Å². The van der Waals surface area contributed by atoms with E-state index in [4.69, 9.17) is 0 Å². The second-order valence-corrected chi connectivity index (χ2v) is 7.04. The third-order valence-corrected chi connectivity index (χ3v) is 4.64. The number of benzene rings is 1. The number of carbonyl (C=O) groups excluding carboxylic acids is 1. The van der Waals surface area contributed by atoms with Crippen molar-refractivity contribution < 1.29 is 9.18 Å². The van der Waals surface area contributed by atoms with E-state index in [0.29, 0.717) is 23.4 Å². The standard InChI is InChI=1S/C22H21FN6O/c1-14-11-26-29-21(10-20(28-22(14)29)17-9-18(23)13-24-12-17)25-8-7-16-3-5-19(6-4-16)27-15(2)30/h3-6,9-13,25H,7-8H2,1-2H3,(H,27,30). The predicted octanol–water partition coefficient (Wildman–Crippen LogP) is 3.85. The molecule has 3 aromatic heterocycles. The molecule has 0 radical (unpaired) electrons. The van der Waals surface area contributed by atoms with E-state index in [1.54, 1.807) is 16.9 Å². The molecule has 4 rings (SSSR count). The SMILES string of the molecule is CC(=O)Nc1ccc(CCNc2cc(-c3cncc(F)c3)nc3c(C)cnn23)cc1. The third-order valence-electron chi connectivity index (χ3n) is 4.64. The Morgan fingerprint density at radius 1 is 1.13 bits per heavy atom. The summed E-state index contributed by atoms with van der Waals surface area (Å²) in [7, 11) is 0. The summed E-state index contributed by atoms with van der Waals surface area (Å²) in [6, 6.07) is 11.0. The molecule has 152 valence electrons. The highest BCUT2D eigenvalue weighted by Gasteiger charge is 2.11. The maximum Gasteiger partial charge on any atom is 0.221 e. The van der Waals surface area contributed by atoms with Crippen molar-refractivity contribution in [2.24, 2.45) is 0 Å². The number of anilines is 2. The fourth-order valence-electron chi connectivity index (χ4n) is 3.19. The van der Waals surface area contributed by atoms with Crippen LogP contribution >= 0.6 is 0 Å². The average Bonchev–Trinajstić information content (AvgIpc) is 3.10. The number of fused-ring (bicyclic) bond motifs is 1. The smallest absolute Gasteiger partial charge is 0.221 e. The van der Waals surface area contributed by atoms with Crippen LogP contribution in [0.3, 0.4) is 0 Å². The molecular formula is C22H21FN6O. The van der Waals surface area contributed by atoms with Gasteiger partial charge in [-0.15, -0.1) is 0 Å². The number of aryl methyl sites for hydroxylation is 1. The Morgan fingerprint density at radius 3 is 2.67 bits per heavy atom. The van der Waals surface area contributed by atoms with Gasteiger partial charge in [-0.05, 0) is 37.1 Å². The van der Waals surface area contributed by atoms with E-state index in [1.165, 1.54) is 19.2 Å². The molecule has 0 atom stereocenters. The first-order valence-corrected chi connectivity index (χ1v) is 9.56. The minimum absolute atomic E-state index is 0.0926. The van der Waals surface area contributed by atoms with Crippen molar-refractivity contribution in [2.45, 2.75) is 20.3 Å². The monoisotopic (exact) mass is 404 g/mol. The van der Waals surface area contributed by atoms with E-state index >= 15 is 0 Å². The van der Waals surface area contributed by atoms with Crippen LogP contribution in [0.2, 0.25) is 0 Å². The van der Waals surface area contributed by atoms with Crippen LogP contribution < -0.4 is 10.6 Å². The average molecular weight is 404 g/mol. The lowest BCUT2D eigenvalue weighted by molar-refractivity contribution is -0.114. The maximum absolute atomic E-state index is 13.6. The van der Waals surface area contributed by atoms with Crippen LogP contribution in [-0.2, 0) is 11.2 Å². The summed E-state index contributed by atoms with van der Waals surface area (Å²) in [5.74, 6) is 0.267. The van der Waals surface area contributed by atoms with Crippen molar-refractivity contribution in [3.63, 3.8) is 0 Å². The first-order valence-electron chi connectivity index (χ1n) is 9.56. The highest BCUT2D eigenvalue weighted by atomic mass is 19.1. The predicted molar refractivity (Wildman–Crippen MR) is 114 cm³/mol. The van der Waals surface area contributed by atoms with E-state index in [1.807, 2.05) is 37.3 Å². The zero-order valence-electron chi connectivity index (χ0n) is 16.7. The number of hydrogen-bond donors (Lipinski definition) is 2. The van der Waals surface area contributed by atoms with Gasteiger partial charge in [-0.2, -0.15) is 9.61 Å². The summed E-state index contributed by atoms with van der Waals surface area (Å²) in [4.78, 5) is 19.7. The lowest BCUT2D eigenvalue weighted by atomic mass is 10.1. The Morgan fingerprint density at radius 2 is 1.93 bits per heavy atom. The van der Waals surface area contributed by atoms with E-state index in [2.05, 4.69) is 25.7 Å². The van der Waals surface area contributed by atoms with Crippen LogP contribution in [0.5, 0.6) is 0 Å². The molecule has 8 heteroatoms. The number of halogens is 1. The van der Waals surface area contributed by atoms with Crippen molar-refractivity contribution in [3.8, 4) is 11.3 Å². The van der Waals surface area contributed by atoms with Crippen molar-refractivity contribution in [1.82, 2.24) is 19.6 Å². The second kappa shape index (κ2) is 8.28. The number of rotatable bonds is 6. The molecular weight excluding hydrogens is 383 g/mol. The normalized spacial score (nSPS) is 10.9. The van der Waals surface area contributed by atoms with Gasteiger partial charge in [0.2, 0.25) is 5.91 Å². The molecule has 1 aromatic carbocycles. The third kappa shape index (κ3) is 4.27. The molecule has 3 heterocycles. The van der Waals surface area contributed by atoms with Crippen LogP contribution in [0.4, 0.5) is 15.9 Å². The largest absolute Gasteiger partial charge is 0.370 e. The Balaban J connectivity index is 1.54. The maximum atomic E-state index is 13.6. The quantitative estimate of drug-likeness (QED) is 0.510. The minimum atomic E-state index is -0.406. The number of hydrogen-bond acceptors (Lipinski definition) is 5. The van der Waals surface area contributed by atoms with Crippen molar-refractivity contribution in [1.29, 1.82) is 0 Å². The zero-order valence-corrected chi connectivity index (χ0v) is 16.7. The van der Waals surface area contributed by atoms with Gasteiger partial charge in [-0.1, -0.05) is 12.1 Å². The Kier molecular flexibility index (Phi) is 5.38. The molecule has 2 N–H and O–H groups in total. The number of pyridine rings is 1. The molecule has 0 unspecified atom stereocenters. The van der Waals surface area contributed by atoms with Crippen molar-refractivity contribution in [3.05, 3.63) is 71.9 Å². The second-order valence-electron chi connectivity index (χ2n) is 7.04. The van der Waals surface area contributed by atoms with Gasteiger partial charge in [0.15, 0.2) is 5.65 Å². The van der Waals surface area contributed by atoms with Gasteiger partial charge >= 0.3 is 0 Å². The molecule has 0 aliphatic rings. The summed E-state index contributed by atoms with van der Waals surface area (Å²) in [6.07, 6.45) is 5.29. The lowest BCUT2D eigenvalue weighted by Crippen LogP contribution is -2.10. The Bertz CT molecular complexity index is 1200. The Hall–Kier alpha value is -3.81. The summed E-state index contributed by atoms with van der Waals surface area (Å²) in [6.45, 7) is 4.08. The molecule has 0 spiro atoms. The number of carbonyl (C=O) groups is 1. The molecule has 4 aromatic rings. The van der Waals surface area contributed by atoms with Crippen LogP contribution in [0.1, 0.15) is 18.1 Å². The van der Waals surface area contributed by atoms with E-state index < -0.39 is 5.82 Å². The summed E-state index contributed by atoms with van der Waals surface area (Å²) in [5, 5.41) is 10.6. The fourth-order valence-corrected chi connectivity index (χ4v) is 3.19. The summed E-state index contributed by atoms with van der Waals surface area (Å²) in [5.41, 5.74) is 4.77. The number of amides is 1. The highest BCUT2D eigenvalue weighted by Crippen LogP contribution is 2.23. The molecule has 0 aliphatic carbocycles. The van der Waals surface area contributed by atoms with Gasteiger partial charge in [0.25, 0.3) is 0 Å². The number of nitrogens with zero attached hydrogens (tertiary/aromatic N) is 4. The molecule has 0 bridgehead atoms. The minimum Gasteiger partial charge on any atom is -0.370 e. The topological polar surface area (TPSA) is 84.2 Å². The van der Waals surface area contributed by atoms with Crippen LogP contribution in [0, 0.1) is 12.7 Å². The van der Waals surface area contributed by atoms with E-state index in [9.17, 15) is 9.18 Å². The van der Waals surface area contributed by atoms with Gasteiger partial charge in [0.1, 0.15) is 11.6 Å². The number of aromatic nitrogens is 4. The van der Waals surface area contributed by atoms with Crippen molar-refractivity contribution >= 4 is 23.1 Å². The van der Waals surface area contributed by atoms with Crippen molar-refractivity contribution in [2.75, 3.05) is 17.2 Å². The molecule has 0 aliphatic heterocycles. The lowest BCUT2D eigenvalue weighted by Gasteiger charge is -2.11. The van der Waals surface area contributed by atoms with Gasteiger partial charge < -0.3 is 10.6 Å². The molecule has 0 saturated carbocycles. The molecule has 0 fully saturated rings. The van der Waals surface area contributed by atoms with Crippen LogP contribution in [0.15, 0.2) is 55.0 Å². The van der Waals surface area contributed by atoms with E-state index in [-0.39, 0.29) is 5.91 Å². The first kappa shape index (κ1) is 19.5. The van der Waals surface area contributed by atoms with Gasteiger partial charge in [0.05, 0.1) is 18.1 Å². The fraction of sp³-hybridized carbons (Fsp3) is 0.182. The zero-order chi connectivity index (χ0) is 21.1. The summed E-state index contributed by atoms with van der Waals surface area (Å²) < 4.78 is 15.4. The van der Waals surface area contributed by atoms with Crippen LogP contribution in [0.25, 0.3) is 16.9 Å². The molecule has 1 amide bonds. The molecule has 30 heavy (non-hydrogen) atoms. The van der Waals surface area contributed by atoms with Gasteiger partial charge in [-0.25, -0.2) is 9.37 Å². The van der Waals surface area contributed by atoms with Crippen LogP contribution in [-0.4, -0.2) is 32.0 Å².